The first-order valence-corrected chi connectivity index (χ1v) is 16.0. The van der Waals surface area contributed by atoms with Crippen molar-refractivity contribution in [2.24, 2.45) is 11.8 Å². The van der Waals surface area contributed by atoms with Crippen LogP contribution in [0.2, 0.25) is 18.1 Å². The maximum absolute atomic E-state index is 13.4. The number of nitrogens with zero attached hydrogens (tertiary/aromatic N) is 1. The van der Waals surface area contributed by atoms with Gasteiger partial charge in [0.25, 0.3) is 5.91 Å². The Balaban J connectivity index is 2.21. The first-order valence-electron chi connectivity index (χ1n) is 12.2. The number of benzene rings is 1. The van der Waals surface area contributed by atoms with Gasteiger partial charge in [-0.1, -0.05) is 51.6 Å². The number of amides is 2. The van der Waals surface area contributed by atoms with E-state index in [9.17, 15) is 14.4 Å². The molecule has 0 aliphatic carbocycles. The van der Waals surface area contributed by atoms with Crippen LogP contribution in [0.1, 0.15) is 64.4 Å². The second-order valence-electron chi connectivity index (χ2n) is 10.8. The summed E-state index contributed by atoms with van der Waals surface area (Å²) in [6.07, 6.45) is -0.266. The third-order valence-electron chi connectivity index (χ3n) is 7.40. The Morgan fingerprint density at radius 1 is 1.18 bits per heavy atom. The number of nitrogens with one attached hydrogen (secondary N) is 1. The summed E-state index contributed by atoms with van der Waals surface area (Å²) in [4.78, 5) is 41.4. The summed E-state index contributed by atoms with van der Waals surface area (Å²) < 4.78 is 6.49. The Bertz CT molecular complexity index is 924. The number of carbonyl (C=O) groups is 3. The molecule has 1 aromatic rings. The standard InChI is InChI=1S/C26H42N2O4SSi/c1-11-28(12-2)24(30)19-15-13-14-16(3)22(19)33-25(31)17(4)21-20(23(29)27-21)18(5)32-34(9,10)26(6,7)8/h13-15,17-18,20-21H,11-12H2,1-10H3,(H,27,29)/t17-,18-,20-,21-/m1/s1. The summed E-state index contributed by atoms with van der Waals surface area (Å²) in [5.74, 6) is -0.895. The molecule has 1 heterocycles. The smallest absolute Gasteiger partial charge is 0.254 e. The number of carbonyl (C=O) groups excluding carboxylic acids is 3. The number of aryl methyl sites for hydroxylation is 1. The van der Waals surface area contributed by atoms with Gasteiger partial charge in [-0.2, -0.15) is 0 Å². The molecule has 2 amide bonds. The molecular formula is C26H42N2O4SSi. The molecule has 2 rings (SSSR count). The monoisotopic (exact) mass is 506 g/mol. The van der Waals surface area contributed by atoms with Crippen LogP contribution in [-0.2, 0) is 14.0 Å². The summed E-state index contributed by atoms with van der Waals surface area (Å²) in [6.45, 7) is 21.7. The molecule has 0 radical (unpaired) electrons. The van der Waals surface area contributed by atoms with Crippen LogP contribution >= 0.6 is 11.8 Å². The minimum atomic E-state index is -2.05. The molecule has 1 aliphatic rings. The normalized spacial score (nSPS) is 20.2. The highest BCUT2D eigenvalue weighted by molar-refractivity contribution is 8.13. The number of hydrogen-bond acceptors (Lipinski definition) is 5. The van der Waals surface area contributed by atoms with Crippen LogP contribution in [-0.4, -0.2) is 55.4 Å². The van der Waals surface area contributed by atoms with Gasteiger partial charge < -0.3 is 14.6 Å². The Kier molecular flexibility index (Phi) is 9.21. The lowest BCUT2D eigenvalue weighted by Crippen LogP contribution is -2.66. The van der Waals surface area contributed by atoms with E-state index in [2.05, 4.69) is 39.2 Å². The van der Waals surface area contributed by atoms with Gasteiger partial charge in [0, 0.05) is 23.9 Å². The van der Waals surface area contributed by atoms with Crippen LogP contribution in [0.4, 0.5) is 0 Å². The zero-order chi connectivity index (χ0) is 26.0. The average molecular weight is 507 g/mol. The molecule has 1 aromatic carbocycles. The third-order valence-corrected chi connectivity index (χ3v) is 13.3. The van der Waals surface area contributed by atoms with E-state index in [-0.39, 0.29) is 40.0 Å². The molecule has 34 heavy (non-hydrogen) atoms. The quantitative estimate of drug-likeness (QED) is 0.281. The highest BCUT2D eigenvalue weighted by Gasteiger charge is 2.50. The first-order chi connectivity index (χ1) is 15.7. The molecule has 0 aromatic heterocycles. The van der Waals surface area contributed by atoms with Crippen LogP contribution in [0.25, 0.3) is 0 Å². The van der Waals surface area contributed by atoms with E-state index in [0.29, 0.717) is 23.5 Å². The summed E-state index contributed by atoms with van der Waals surface area (Å²) in [7, 11) is -2.05. The fourth-order valence-electron chi connectivity index (χ4n) is 4.05. The number of β-lactam (4-membered cyclic amide) rings is 1. The van der Waals surface area contributed by atoms with Gasteiger partial charge in [-0.15, -0.1) is 0 Å². The van der Waals surface area contributed by atoms with Crippen molar-refractivity contribution >= 4 is 37.0 Å². The number of thioether (sulfide) groups is 1. The molecule has 1 N–H and O–H groups in total. The largest absolute Gasteiger partial charge is 0.413 e. The van der Waals surface area contributed by atoms with Crippen molar-refractivity contribution in [3.05, 3.63) is 29.3 Å². The lowest BCUT2D eigenvalue weighted by molar-refractivity contribution is -0.143. The summed E-state index contributed by atoms with van der Waals surface area (Å²) in [6, 6.07) is 5.28. The molecule has 0 spiro atoms. The molecule has 190 valence electrons. The van der Waals surface area contributed by atoms with Crippen LogP contribution in [0.15, 0.2) is 23.1 Å². The lowest BCUT2D eigenvalue weighted by Gasteiger charge is -2.46. The molecule has 0 unspecified atom stereocenters. The van der Waals surface area contributed by atoms with Crippen LogP contribution in [0, 0.1) is 18.8 Å². The van der Waals surface area contributed by atoms with E-state index < -0.39 is 14.2 Å². The highest BCUT2D eigenvalue weighted by atomic mass is 32.2. The van der Waals surface area contributed by atoms with Crippen LogP contribution in [0.3, 0.4) is 0 Å². The zero-order valence-corrected chi connectivity index (χ0v) is 24.3. The average Bonchev–Trinajstić information content (AvgIpc) is 2.72. The molecule has 1 fully saturated rings. The second-order valence-corrected chi connectivity index (χ2v) is 16.6. The van der Waals surface area contributed by atoms with Crippen molar-refractivity contribution < 1.29 is 18.8 Å². The van der Waals surface area contributed by atoms with Crippen molar-refractivity contribution in [1.82, 2.24) is 10.2 Å². The minimum absolute atomic E-state index is 0.0346. The second kappa shape index (κ2) is 11.0. The van der Waals surface area contributed by atoms with Gasteiger partial charge in [0.2, 0.25) is 5.91 Å². The van der Waals surface area contributed by atoms with Gasteiger partial charge in [-0.3, -0.25) is 14.4 Å². The zero-order valence-electron chi connectivity index (χ0n) is 22.4. The van der Waals surface area contributed by atoms with Crippen LogP contribution < -0.4 is 5.32 Å². The Hall–Kier alpha value is -1.64. The van der Waals surface area contributed by atoms with Crippen molar-refractivity contribution in [1.29, 1.82) is 0 Å². The topological polar surface area (TPSA) is 75.7 Å². The van der Waals surface area contributed by atoms with Crippen molar-refractivity contribution in [3.8, 4) is 0 Å². The Morgan fingerprint density at radius 3 is 2.26 bits per heavy atom. The summed E-state index contributed by atoms with van der Waals surface area (Å²) in [5.41, 5.74) is 1.45. The Morgan fingerprint density at radius 2 is 1.76 bits per heavy atom. The number of hydrogen-bond donors (Lipinski definition) is 1. The molecule has 4 atom stereocenters. The van der Waals surface area contributed by atoms with E-state index in [1.54, 1.807) is 11.0 Å². The molecule has 0 bridgehead atoms. The van der Waals surface area contributed by atoms with Gasteiger partial charge in [-0.25, -0.2) is 0 Å². The van der Waals surface area contributed by atoms with E-state index >= 15 is 0 Å². The van der Waals surface area contributed by atoms with Gasteiger partial charge >= 0.3 is 0 Å². The fourth-order valence-corrected chi connectivity index (χ4v) is 6.51. The van der Waals surface area contributed by atoms with Crippen molar-refractivity contribution in [3.63, 3.8) is 0 Å². The van der Waals surface area contributed by atoms with Crippen molar-refractivity contribution in [2.45, 2.75) is 90.6 Å². The van der Waals surface area contributed by atoms with Gasteiger partial charge in [0.15, 0.2) is 13.4 Å². The minimum Gasteiger partial charge on any atom is -0.413 e. The van der Waals surface area contributed by atoms with E-state index in [4.69, 9.17) is 4.43 Å². The van der Waals surface area contributed by atoms with E-state index in [0.717, 1.165) is 17.3 Å². The van der Waals surface area contributed by atoms with Crippen molar-refractivity contribution in [2.75, 3.05) is 13.1 Å². The van der Waals surface area contributed by atoms with E-state index in [1.165, 1.54) is 0 Å². The SMILES string of the molecule is CCN(CC)C(=O)c1cccc(C)c1SC(=O)[C@H](C)[C@H]1NC(=O)[C@@H]1[C@@H](C)O[Si](C)(C)C(C)(C)C. The number of rotatable bonds is 9. The summed E-state index contributed by atoms with van der Waals surface area (Å²) >= 11 is 1.11. The molecule has 1 aliphatic heterocycles. The molecule has 1 saturated heterocycles. The van der Waals surface area contributed by atoms with Gasteiger partial charge in [0.1, 0.15) is 0 Å². The maximum atomic E-state index is 13.4. The maximum Gasteiger partial charge on any atom is 0.254 e. The Labute approximate surface area is 210 Å². The summed E-state index contributed by atoms with van der Waals surface area (Å²) in [5, 5.41) is 2.92. The highest BCUT2D eigenvalue weighted by Crippen LogP contribution is 2.40. The van der Waals surface area contributed by atoms with E-state index in [1.807, 2.05) is 46.8 Å². The predicted octanol–water partition coefficient (Wildman–Crippen LogP) is 5.26. The van der Waals surface area contributed by atoms with Crippen LogP contribution in [0.5, 0.6) is 0 Å². The lowest BCUT2D eigenvalue weighted by atomic mass is 9.79. The third kappa shape index (κ3) is 5.94. The first kappa shape index (κ1) is 28.6. The molecule has 0 saturated carbocycles. The predicted molar refractivity (Wildman–Crippen MR) is 142 cm³/mol. The molecule has 6 nitrogen and oxygen atoms in total. The van der Waals surface area contributed by atoms with Gasteiger partial charge in [-0.05, 0) is 57.5 Å². The van der Waals surface area contributed by atoms with Gasteiger partial charge in [0.05, 0.1) is 23.6 Å². The fraction of sp³-hybridized carbons (Fsp3) is 0.654. The molecular weight excluding hydrogens is 464 g/mol. The molecule has 8 heteroatoms.